The standard InChI is InChI=1S/C23H22F3N5O3/c1-4-30-15(10-32)29-31(23(30)34)21-18(24)16(12-7-5-6-8-13(12)20(25)26)17-19(28-21)14(11(2)3)9-27-22(17)33/h5-9,11,20,32H,4,10H2,1-3H3,(H,27,33). The largest absolute Gasteiger partial charge is 0.388 e. The number of rotatable bonds is 6. The molecule has 0 spiro atoms. The van der Waals surface area contributed by atoms with Crippen LogP contribution in [0.25, 0.3) is 27.8 Å². The van der Waals surface area contributed by atoms with Crippen LogP contribution in [0.1, 0.15) is 50.1 Å². The zero-order valence-electron chi connectivity index (χ0n) is 18.6. The maximum atomic E-state index is 16.1. The normalized spacial score (nSPS) is 11.8. The lowest BCUT2D eigenvalue weighted by Crippen LogP contribution is -2.26. The second-order valence-corrected chi connectivity index (χ2v) is 7.98. The van der Waals surface area contributed by atoms with E-state index in [1.54, 1.807) is 6.92 Å². The average molecular weight is 473 g/mol. The van der Waals surface area contributed by atoms with Crippen molar-refractivity contribution in [2.24, 2.45) is 0 Å². The van der Waals surface area contributed by atoms with Crippen LogP contribution in [-0.4, -0.2) is 29.4 Å². The van der Waals surface area contributed by atoms with Crippen molar-refractivity contribution in [3.8, 4) is 16.9 Å². The molecule has 4 aromatic rings. The monoisotopic (exact) mass is 473 g/mol. The molecule has 0 atom stereocenters. The number of halogens is 3. The second-order valence-electron chi connectivity index (χ2n) is 7.98. The quantitative estimate of drug-likeness (QED) is 0.445. The number of aliphatic hydroxyl groups excluding tert-OH is 1. The summed E-state index contributed by atoms with van der Waals surface area (Å²) in [7, 11) is 0. The molecule has 4 rings (SSSR count). The maximum Gasteiger partial charge on any atom is 0.352 e. The molecular formula is C23H22F3N5O3. The van der Waals surface area contributed by atoms with Crippen LogP contribution in [0.2, 0.25) is 0 Å². The first-order chi connectivity index (χ1) is 16.2. The number of H-pyrrole nitrogens is 1. The molecule has 0 saturated heterocycles. The zero-order valence-corrected chi connectivity index (χ0v) is 18.6. The van der Waals surface area contributed by atoms with Crippen LogP contribution in [0.5, 0.6) is 0 Å². The van der Waals surface area contributed by atoms with E-state index >= 15 is 4.39 Å². The topological polar surface area (TPSA) is 106 Å². The van der Waals surface area contributed by atoms with Crippen LogP contribution >= 0.6 is 0 Å². The summed E-state index contributed by atoms with van der Waals surface area (Å²) in [5, 5.41) is 13.4. The van der Waals surface area contributed by atoms with E-state index in [9.17, 15) is 23.5 Å². The summed E-state index contributed by atoms with van der Waals surface area (Å²) in [4.78, 5) is 32.6. The maximum absolute atomic E-state index is 16.1. The predicted octanol–water partition coefficient (Wildman–Crippen LogP) is 3.65. The Morgan fingerprint density at radius 3 is 2.44 bits per heavy atom. The number of hydrogen-bond acceptors (Lipinski definition) is 5. The number of aromatic amines is 1. The third kappa shape index (κ3) is 3.61. The molecule has 3 heterocycles. The average Bonchev–Trinajstić information content (AvgIpc) is 3.14. The molecule has 0 amide bonds. The summed E-state index contributed by atoms with van der Waals surface area (Å²) >= 11 is 0. The number of pyridine rings is 2. The van der Waals surface area contributed by atoms with Gasteiger partial charge in [0.05, 0.1) is 10.9 Å². The fourth-order valence-electron chi connectivity index (χ4n) is 4.02. The number of aromatic nitrogens is 5. The zero-order chi connectivity index (χ0) is 24.7. The molecule has 1 aromatic carbocycles. The molecule has 0 aliphatic carbocycles. The fourth-order valence-corrected chi connectivity index (χ4v) is 4.02. The highest BCUT2D eigenvalue weighted by molar-refractivity contribution is 5.97. The van der Waals surface area contributed by atoms with Crippen molar-refractivity contribution in [2.75, 3.05) is 0 Å². The minimum Gasteiger partial charge on any atom is -0.388 e. The Bertz CT molecular complexity index is 1500. The predicted molar refractivity (Wildman–Crippen MR) is 120 cm³/mol. The molecule has 0 aliphatic heterocycles. The molecule has 2 N–H and O–H groups in total. The summed E-state index contributed by atoms with van der Waals surface area (Å²) in [5.41, 5.74) is -1.95. The first-order valence-corrected chi connectivity index (χ1v) is 10.6. The van der Waals surface area contributed by atoms with E-state index in [0.717, 1.165) is 10.6 Å². The molecule has 3 aromatic heterocycles. The highest BCUT2D eigenvalue weighted by atomic mass is 19.3. The van der Waals surface area contributed by atoms with Crippen molar-refractivity contribution in [3.63, 3.8) is 0 Å². The molecule has 0 radical (unpaired) electrons. The molecular weight excluding hydrogens is 451 g/mol. The molecule has 0 aliphatic rings. The SMILES string of the molecule is CCn1c(CO)nn(-c2nc3c(C(C)C)c[nH]c(=O)c3c(-c3ccccc3C(F)F)c2F)c1=O. The Morgan fingerprint density at radius 2 is 1.85 bits per heavy atom. The number of nitrogens with zero attached hydrogens (tertiary/aromatic N) is 4. The van der Waals surface area contributed by atoms with Gasteiger partial charge in [-0.15, -0.1) is 5.10 Å². The van der Waals surface area contributed by atoms with Gasteiger partial charge in [0.2, 0.25) is 0 Å². The second kappa shape index (κ2) is 8.90. The molecule has 0 unspecified atom stereocenters. The number of hydrogen-bond donors (Lipinski definition) is 2. The Kier molecular flexibility index (Phi) is 6.13. The van der Waals surface area contributed by atoms with Gasteiger partial charge in [-0.25, -0.2) is 22.9 Å². The van der Waals surface area contributed by atoms with Gasteiger partial charge in [0.15, 0.2) is 17.5 Å². The van der Waals surface area contributed by atoms with Crippen LogP contribution in [-0.2, 0) is 13.2 Å². The highest BCUT2D eigenvalue weighted by Gasteiger charge is 2.28. The highest BCUT2D eigenvalue weighted by Crippen LogP contribution is 2.38. The van der Waals surface area contributed by atoms with E-state index in [1.165, 1.54) is 24.4 Å². The molecule has 11 heteroatoms. The van der Waals surface area contributed by atoms with Gasteiger partial charge in [0.25, 0.3) is 12.0 Å². The van der Waals surface area contributed by atoms with Crippen molar-refractivity contribution in [1.82, 2.24) is 24.3 Å². The molecule has 34 heavy (non-hydrogen) atoms. The first-order valence-electron chi connectivity index (χ1n) is 10.6. The van der Waals surface area contributed by atoms with Gasteiger partial charge in [-0.1, -0.05) is 38.1 Å². The minimum absolute atomic E-state index is 0.0154. The van der Waals surface area contributed by atoms with Crippen molar-refractivity contribution < 1.29 is 18.3 Å². The fraction of sp³-hybridized carbons (Fsp3) is 0.304. The third-order valence-corrected chi connectivity index (χ3v) is 5.66. The van der Waals surface area contributed by atoms with Crippen molar-refractivity contribution in [2.45, 2.75) is 46.3 Å². The third-order valence-electron chi connectivity index (χ3n) is 5.66. The number of aliphatic hydroxyl groups is 1. The van der Waals surface area contributed by atoms with Gasteiger partial charge >= 0.3 is 5.69 Å². The van der Waals surface area contributed by atoms with E-state index < -0.39 is 47.0 Å². The summed E-state index contributed by atoms with van der Waals surface area (Å²) in [6.07, 6.45) is -1.52. The minimum atomic E-state index is -2.95. The van der Waals surface area contributed by atoms with E-state index in [1.807, 2.05) is 13.8 Å². The smallest absolute Gasteiger partial charge is 0.352 e. The van der Waals surface area contributed by atoms with E-state index in [2.05, 4.69) is 15.1 Å². The van der Waals surface area contributed by atoms with Gasteiger partial charge < -0.3 is 10.1 Å². The van der Waals surface area contributed by atoms with Crippen LogP contribution in [0.4, 0.5) is 13.2 Å². The summed E-state index contributed by atoms with van der Waals surface area (Å²) in [5.74, 6) is -1.90. The number of fused-ring (bicyclic) bond motifs is 1. The lowest BCUT2D eigenvalue weighted by atomic mass is 9.94. The first kappa shape index (κ1) is 23.4. The summed E-state index contributed by atoms with van der Waals surface area (Å²) in [6.45, 7) is 4.88. The molecule has 0 bridgehead atoms. The number of alkyl halides is 2. The Balaban J connectivity index is 2.24. The van der Waals surface area contributed by atoms with Crippen LogP contribution < -0.4 is 11.2 Å². The van der Waals surface area contributed by atoms with Crippen LogP contribution in [0.15, 0.2) is 40.1 Å². The van der Waals surface area contributed by atoms with E-state index in [4.69, 9.17) is 0 Å². The van der Waals surface area contributed by atoms with Gasteiger partial charge in [-0.05, 0) is 24.0 Å². The van der Waals surface area contributed by atoms with Gasteiger partial charge in [-0.3, -0.25) is 9.36 Å². The van der Waals surface area contributed by atoms with Crippen molar-refractivity contribution in [1.29, 1.82) is 0 Å². The Morgan fingerprint density at radius 1 is 1.15 bits per heavy atom. The van der Waals surface area contributed by atoms with Crippen molar-refractivity contribution in [3.05, 3.63) is 74.1 Å². The van der Waals surface area contributed by atoms with Crippen LogP contribution in [0.3, 0.4) is 0 Å². The van der Waals surface area contributed by atoms with Gasteiger partial charge in [0.1, 0.15) is 6.61 Å². The Hall–Kier alpha value is -3.73. The Labute approximate surface area is 191 Å². The molecule has 0 fully saturated rings. The molecule has 178 valence electrons. The number of nitrogens with one attached hydrogen (secondary N) is 1. The van der Waals surface area contributed by atoms with Crippen molar-refractivity contribution >= 4 is 10.9 Å². The summed E-state index contributed by atoms with van der Waals surface area (Å²) < 4.78 is 45.7. The lowest BCUT2D eigenvalue weighted by Gasteiger charge is -2.17. The number of benzene rings is 1. The molecule has 8 nitrogen and oxygen atoms in total. The van der Waals surface area contributed by atoms with E-state index in [-0.39, 0.29) is 34.8 Å². The van der Waals surface area contributed by atoms with Crippen LogP contribution in [0, 0.1) is 5.82 Å². The lowest BCUT2D eigenvalue weighted by molar-refractivity contribution is 0.152. The van der Waals surface area contributed by atoms with E-state index in [0.29, 0.717) is 10.2 Å². The molecule has 0 saturated carbocycles. The summed E-state index contributed by atoms with van der Waals surface area (Å²) in [6, 6.07) is 5.28. The van der Waals surface area contributed by atoms with Gasteiger partial charge in [0, 0.05) is 23.9 Å². The van der Waals surface area contributed by atoms with Gasteiger partial charge in [-0.2, -0.15) is 4.68 Å².